The molecule has 148 valence electrons. The molecule has 1 heteroatoms. The predicted octanol–water partition coefficient (Wildman–Crippen LogP) is 7.92. The summed E-state index contributed by atoms with van der Waals surface area (Å²) in [6, 6.07) is 0. The van der Waals surface area contributed by atoms with Crippen LogP contribution in [0.5, 0.6) is 0 Å². The van der Waals surface area contributed by atoms with Crippen LogP contribution in [0.3, 0.4) is 0 Å². The van der Waals surface area contributed by atoms with Crippen molar-refractivity contribution in [1.29, 1.82) is 0 Å². The fraction of sp³-hybridized carbons (Fsp3) is 0.500. The summed E-state index contributed by atoms with van der Waals surface area (Å²) in [5, 5.41) is 0. The van der Waals surface area contributed by atoms with Gasteiger partial charge in [-0.3, -0.25) is 5.57 Å². The molecule has 0 aromatic heterocycles. The Morgan fingerprint density at radius 2 is 0.704 bits per heavy atom. The average molecular weight is 400 g/mol. The molecule has 0 bridgehead atoms. The fourth-order valence-electron chi connectivity index (χ4n) is 2.94. The third-order valence-electron chi connectivity index (χ3n) is 6.43. The standard InChI is InChI=1S/2C10H15.C6H10.Ti/c2*1-6-7(2)9(4)10(5)8(6)3;1-4-6(3)5-2;/h2*1-5H3;1,4H2,2-3H3;/q;;-2;+2. The van der Waals surface area contributed by atoms with Crippen molar-refractivity contribution in [2.45, 2.75) is 89.5 Å². The van der Waals surface area contributed by atoms with Crippen molar-refractivity contribution < 1.29 is 21.7 Å². The number of hydrogen-bond acceptors (Lipinski definition) is 0. The molecule has 0 N–H and O–H groups in total. The smallest absolute Gasteiger partial charge is 0.503 e. The molecule has 2 aliphatic rings. The largest absolute Gasteiger partial charge is 2.00 e. The van der Waals surface area contributed by atoms with Gasteiger partial charge in [-0.05, 0) is 59.2 Å². The molecule has 0 unspecified atom stereocenters. The van der Waals surface area contributed by atoms with Crippen LogP contribution in [0.25, 0.3) is 0 Å². The Labute approximate surface area is 188 Å². The van der Waals surface area contributed by atoms with Gasteiger partial charge in [-0.1, -0.05) is 76.2 Å². The minimum atomic E-state index is 0. The third-order valence-corrected chi connectivity index (χ3v) is 6.43. The molecule has 0 saturated heterocycles. The van der Waals surface area contributed by atoms with Gasteiger partial charge >= 0.3 is 21.7 Å². The van der Waals surface area contributed by atoms with Gasteiger partial charge in [0.05, 0.1) is 0 Å². The van der Waals surface area contributed by atoms with E-state index in [2.05, 4.69) is 82.2 Å². The van der Waals surface area contributed by atoms with Gasteiger partial charge in [0.1, 0.15) is 0 Å². The Hall–Kier alpha value is 0.454. The van der Waals surface area contributed by atoms with E-state index in [9.17, 15) is 0 Å². The second-order valence-corrected chi connectivity index (χ2v) is 7.53. The zero-order valence-corrected chi connectivity index (χ0v) is 21.5. The van der Waals surface area contributed by atoms with E-state index < -0.39 is 0 Å². The fourth-order valence-corrected chi connectivity index (χ4v) is 2.94. The first-order chi connectivity index (χ1) is 11.9. The monoisotopic (exact) mass is 400 g/mol. The van der Waals surface area contributed by atoms with Gasteiger partial charge in [0, 0.05) is 0 Å². The molecule has 2 saturated carbocycles. The Morgan fingerprint density at radius 3 is 0.741 bits per heavy atom. The second kappa shape index (κ2) is 13.6. The Kier molecular flexibility index (Phi) is 15.0. The van der Waals surface area contributed by atoms with E-state index >= 15 is 0 Å². The molecular weight excluding hydrogens is 360 g/mol. The first kappa shape index (κ1) is 29.7. The van der Waals surface area contributed by atoms with Crippen LogP contribution >= 0.6 is 0 Å². The van der Waals surface area contributed by atoms with Gasteiger partial charge in [-0.15, -0.1) is 0 Å². The summed E-state index contributed by atoms with van der Waals surface area (Å²) in [5.41, 5.74) is 1.23. The minimum absolute atomic E-state index is 0. The molecule has 0 aromatic carbocycles. The normalized spacial score (nSPS) is 23.8. The Balaban J connectivity index is 0. The van der Waals surface area contributed by atoms with Crippen molar-refractivity contribution in [2.24, 2.45) is 0 Å². The van der Waals surface area contributed by atoms with Crippen molar-refractivity contribution in [2.75, 3.05) is 0 Å². The van der Waals surface area contributed by atoms with Crippen LogP contribution < -0.4 is 0 Å². The molecule has 0 aliphatic heterocycles. The number of allylic oxidation sites excluding steroid dienone is 2. The van der Waals surface area contributed by atoms with Crippen LogP contribution in [0.1, 0.15) is 89.5 Å². The second-order valence-electron chi connectivity index (χ2n) is 7.53. The van der Waals surface area contributed by atoms with Crippen LogP contribution in [0.4, 0.5) is 0 Å². The molecule has 27 heavy (non-hydrogen) atoms. The summed E-state index contributed by atoms with van der Waals surface area (Å²) >= 11 is 0. The van der Waals surface area contributed by atoms with E-state index in [1.165, 1.54) is 64.8 Å². The molecule has 0 spiro atoms. The first-order valence-corrected chi connectivity index (χ1v) is 9.60. The molecule has 0 nitrogen and oxygen atoms in total. The van der Waals surface area contributed by atoms with E-state index in [1.54, 1.807) is 0 Å². The van der Waals surface area contributed by atoms with Crippen LogP contribution in [-0.2, 0) is 21.7 Å². The molecular formula is C26H40Ti. The van der Waals surface area contributed by atoms with Crippen LogP contribution in [0.15, 0.2) is 5.57 Å². The summed E-state index contributed by atoms with van der Waals surface area (Å²) in [6.07, 6.45) is 3.85. The summed E-state index contributed by atoms with van der Waals surface area (Å²) in [5.74, 6) is 14.7. The van der Waals surface area contributed by atoms with Crippen molar-refractivity contribution in [3.63, 3.8) is 0 Å². The van der Waals surface area contributed by atoms with Crippen LogP contribution in [-0.4, -0.2) is 0 Å². The Bertz CT molecular complexity index is 293. The van der Waals surface area contributed by atoms with Gasteiger partial charge in [-0.25, -0.2) is 0 Å². The molecule has 2 fully saturated rings. The van der Waals surface area contributed by atoms with E-state index in [0.717, 1.165) is 6.42 Å². The minimum Gasteiger partial charge on any atom is -0.503 e. The maximum Gasteiger partial charge on any atom is 2.00 e. The van der Waals surface area contributed by atoms with E-state index in [-0.39, 0.29) is 21.7 Å². The van der Waals surface area contributed by atoms with Crippen molar-refractivity contribution in [3.05, 3.63) is 77.8 Å². The molecule has 2 rings (SSSR count). The average Bonchev–Trinajstić information content (AvgIpc) is 2.92. The summed E-state index contributed by atoms with van der Waals surface area (Å²) in [6.45, 7) is 29.6. The topological polar surface area (TPSA) is 0 Å². The van der Waals surface area contributed by atoms with Crippen LogP contribution in [0, 0.1) is 72.2 Å². The Morgan fingerprint density at radius 1 is 0.556 bits per heavy atom. The number of hydrogen-bond donors (Lipinski definition) is 0. The van der Waals surface area contributed by atoms with Gasteiger partial charge < -0.3 is 13.0 Å². The van der Waals surface area contributed by atoms with Gasteiger partial charge in [0.25, 0.3) is 0 Å². The zero-order chi connectivity index (χ0) is 20.8. The summed E-state index contributed by atoms with van der Waals surface area (Å²) in [7, 11) is 0. The van der Waals surface area contributed by atoms with Crippen molar-refractivity contribution in [3.8, 4) is 0 Å². The van der Waals surface area contributed by atoms with Gasteiger partial charge in [-0.2, -0.15) is 13.3 Å². The van der Waals surface area contributed by atoms with Crippen LogP contribution in [0.2, 0.25) is 0 Å². The molecule has 0 atom stereocenters. The van der Waals surface area contributed by atoms with Crippen molar-refractivity contribution >= 4 is 0 Å². The molecule has 0 amide bonds. The molecule has 10 radical (unpaired) electrons. The number of rotatable bonds is 1. The van der Waals surface area contributed by atoms with Crippen molar-refractivity contribution in [1.82, 2.24) is 0 Å². The van der Waals surface area contributed by atoms with Gasteiger partial charge in [0.2, 0.25) is 0 Å². The molecule has 0 aromatic rings. The van der Waals surface area contributed by atoms with E-state index in [1.807, 2.05) is 13.8 Å². The maximum absolute atomic E-state index is 3.66. The molecule has 2 aliphatic carbocycles. The predicted molar refractivity (Wildman–Crippen MR) is 117 cm³/mol. The first-order valence-electron chi connectivity index (χ1n) is 9.60. The SMILES string of the molecule is C[C]1[C](C)[C](C)[C](C)[C]1C.C[C]1[C](C)[C](C)[C](C)[C]1C.[CH2-]CC(C)=[C-]C.[Ti+2]. The summed E-state index contributed by atoms with van der Waals surface area (Å²) in [4.78, 5) is 0. The quantitative estimate of drug-likeness (QED) is 0.310. The summed E-state index contributed by atoms with van der Waals surface area (Å²) < 4.78 is 0. The zero-order valence-electron chi connectivity index (χ0n) is 19.9. The third kappa shape index (κ3) is 8.01. The maximum atomic E-state index is 3.66. The molecule has 0 heterocycles. The van der Waals surface area contributed by atoms with Gasteiger partial charge in [0.15, 0.2) is 0 Å². The van der Waals surface area contributed by atoms with E-state index in [0.29, 0.717) is 0 Å². The van der Waals surface area contributed by atoms with E-state index in [4.69, 9.17) is 0 Å².